The number of halogens is 3. The second kappa shape index (κ2) is 5.04. The molecule has 0 atom stereocenters. The second-order valence-electron chi connectivity index (χ2n) is 5.67. The Hall–Kier alpha value is -1.93. The minimum Gasteiger partial charge on any atom is -0.326 e. The molecule has 1 aliphatic rings. The van der Waals surface area contributed by atoms with Crippen molar-refractivity contribution in [2.45, 2.75) is 19.3 Å². The van der Waals surface area contributed by atoms with Crippen LogP contribution in [-0.2, 0) is 19.3 Å². The van der Waals surface area contributed by atoms with Crippen molar-refractivity contribution in [2.24, 2.45) is 0 Å². The highest BCUT2D eigenvalue weighted by molar-refractivity contribution is 7.13. The van der Waals surface area contributed by atoms with Gasteiger partial charge in [-0.25, -0.2) is 4.98 Å². The van der Waals surface area contributed by atoms with Crippen LogP contribution >= 0.6 is 11.3 Å². The van der Waals surface area contributed by atoms with Crippen molar-refractivity contribution in [3.8, 4) is 10.4 Å². The lowest BCUT2D eigenvalue weighted by Crippen LogP contribution is -2.30. The van der Waals surface area contributed by atoms with Crippen LogP contribution < -0.4 is 0 Å². The summed E-state index contributed by atoms with van der Waals surface area (Å²) in [5.74, 6) is 0. The summed E-state index contributed by atoms with van der Waals surface area (Å²) in [4.78, 5) is 11.2. The Labute approximate surface area is 134 Å². The Morgan fingerprint density at radius 2 is 2.04 bits per heavy atom. The maximum absolute atomic E-state index is 13.1. The van der Waals surface area contributed by atoms with Gasteiger partial charge in [0, 0.05) is 48.7 Å². The topological polar surface area (TPSA) is 34.0 Å². The van der Waals surface area contributed by atoms with E-state index in [4.69, 9.17) is 0 Å². The SMILES string of the molecule is CN1CCn2c(c(-c3cncs3)c3cc(C(F)(F)F)cnc32)C1. The van der Waals surface area contributed by atoms with Crippen molar-refractivity contribution >= 4 is 22.4 Å². The molecule has 3 aromatic heterocycles. The van der Waals surface area contributed by atoms with Gasteiger partial charge in [-0.15, -0.1) is 11.3 Å². The summed E-state index contributed by atoms with van der Waals surface area (Å²) < 4.78 is 41.2. The molecule has 1 aliphatic heterocycles. The first-order valence-electron chi connectivity index (χ1n) is 7.11. The van der Waals surface area contributed by atoms with Crippen molar-refractivity contribution in [3.63, 3.8) is 0 Å². The van der Waals surface area contributed by atoms with Crippen LogP contribution in [0.3, 0.4) is 0 Å². The summed E-state index contributed by atoms with van der Waals surface area (Å²) in [6, 6.07) is 1.21. The fourth-order valence-corrected chi connectivity index (χ4v) is 3.76. The van der Waals surface area contributed by atoms with Crippen molar-refractivity contribution in [2.75, 3.05) is 13.6 Å². The number of rotatable bonds is 1. The van der Waals surface area contributed by atoms with Crippen molar-refractivity contribution in [1.29, 1.82) is 0 Å². The van der Waals surface area contributed by atoms with Gasteiger partial charge in [-0.1, -0.05) is 0 Å². The van der Waals surface area contributed by atoms with Crippen LogP contribution in [0.2, 0.25) is 0 Å². The van der Waals surface area contributed by atoms with Crippen molar-refractivity contribution < 1.29 is 13.2 Å². The van der Waals surface area contributed by atoms with Gasteiger partial charge in [0.05, 0.1) is 16.0 Å². The summed E-state index contributed by atoms with van der Waals surface area (Å²) in [5, 5.41) is 0.550. The summed E-state index contributed by atoms with van der Waals surface area (Å²) in [5.41, 5.74) is 3.42. The zero-order valence-electron chi connectivity index (χ0n) is 12.3. The number of aromatic nitrogens is 3. The van der Waals surface area contributed by atoms with Crippen LogP contribution in [0.4, 0.5) is 13.2 Å². The average Bonchev–Trinajstić information content (AvgIpc) is 3.10. The molecular weight excluding hydrogens is 325 g/mol. The van der Waals surface area contributed by atoms with E-state index < -0.39 is 11.7 Å². The van der Waals surface area contributed by atoms with E-state index in [1.54, 1.807) is 11.7 Å². The monoisotopic (exact) mass is 338 g/mol. The Morgan fingerprint density at radius 1 is 1.22 bits per heavy atom. The molecule has 0 aliphatic carbocycles. The maximum Gasteiger partial charge on any atom is 0.417 e. The Morgan fingerprint density at radius 3 is 2.74 bits per heavy atom. The molecule has 0 radical (unpaired) electrons. The Bertz CT molecular complexity index is 867. The molecule has 8 heteroatoms. The third kappa shape index (κ3) is 2.33. The van der Waals surface area contributed by atoms with Gasteiger partial charge in [-0.3, -0.25) is 9.88 Å². The number of nitrogens with zero attached hydrogens (tertiary/aromatic N) is 4. The largest absolute Gasteiger partial charge is 0.417 e. The molecule has 3 aromatic rings. The standard InChI is InChI=1S/C15H13F3N4S/c1-21-2-3-22-11(7-21)13(12-6-19-8-23-12)10-4-9(15(16,17)18)5-20-14(10)22/h4-6,8H,2-3,7H2,1H3. The zero-order chi connectivity index (χ0) is 16.2. The molecule has 0 N–H and O–H groups in total. The summed E-state index contributed by atoms with van der Waals surface area (Å²) in [7, 11) is 2.01. The average molecular weight is 338 g/mol. The zero-order valence-corrected chi connectivity index (χ0v) is 13.1. The maximum atomic E-state index is 13.1. The lowest BCUT2D eigenvalue weighted by Gasteiger charge is -2.25. The van der Waals surface area contributed by atoms with Crippen LogP contribution in [0.25, 0.3) is 21.5 Å². The molecule has 4 heterocycles. The lowest BCUT2D eigenvalue weighted by molar-refractivity contribution is -0.137. The second-order valence-corrected chi connectivity index (χ2v) is 6.56. The van der Waals surface area contributed by atoms with Gasteiger partial charge >= 0.3 is 6.18 Å². The summed E-state index contributed by atoms with van der Waals surface area (Å²) >= 11 is 1.43. The third-order valence-corrected chi connectivity index (χ3v) is 4.93. The number of pyridine rings is 1. The van der Waals surface area contributed by atoms with Crippen LogP contribution in [0.15, 0.2) is 24.0 Å². The molecule has 4 nitrogen and oxygen atoms in total. The van der Waals surface area contributed by atoms with E-state index in [1.165, 1.54) is 17.4 Å². The number of fused-ring (bicyclic) bond motifs is 3. The lowest BCUT2D eigenvalue weighted by atomic mass is 10.1. The van der Waals surface area contributed by atoms with Gasteiger partial charge in [0.25, 0.3) is 0 Å². The number of thiazole rings is 1. The molecule has 120 valence electrons. The number of hydrogen-bond donors (Lipinski definition) is 0. The first kappa shape index (κ1) is 14.6. The van der Waals surface area contributed by atoms with Crippen LogP contribution in [0.1, 0.15) is 11.3 Å². The molecular formula is C15H13F3N4S. The fourth-order valence-electron chi connectivity index (χ4n) is 3.05. The first-order valence-corrected chi connectivity index (χ1v) is 7.99. The number of alkyl halides is 3. The molecule has 0 aromatic carbocycles. The molecule has 0 saturated heterocycles. The van der Waals surface area contributed by atoms with E-state index in [0.717, 1.165) is 35.4 Å². The highest BCUT2D eigenvalue weighted by Crippen LogP contribution is 2.40. The van der Waals surface area contributed by atoms with E-state index in [9.17, 15) is 13.2 Å². The van der Waals surface area contributed by atoms with E-state index in [0.29, 0.717) is 17.6 Å². The molecule has 0 unspecified atom stereocenters. The highest BCUT2D eigenvalue weighted by atomic mass is 32.1. The van der Waals surface area contributed by atoms with Gasteiger partial charge in [0.2, 0.25) is 0 Å². The minimum atomic E-state index is -4.40. The van der Waals surface area contributed by atoms with Crippen molar-refractivity contribution in [1.82, 2.24) is 19.4 Å². The van der Waals surface area contributed by atoms with Gasteiger partial charge in [0.1, 0.15) is 5.65 Å². The van der Waals surface area contributed by atoms with E-state index in [2.05, 4.69) is 14.9 Å². The predicted molar refractivity (Wildman–Crippen MR) is 82.2 cm³/mol. The van der Waals surface area contributed by atoms with Gasteiger partial charge in [-0.05, 0) is 13.1 Å². The van der Waals surface area contributed by atoms with Crippen LogP contribution in [0.5, 0.6) is 0 Å². The van der Waals surface area contributed by atoms with Gasteiger partial charge in [0.15, 0.2) is 0 Å². The van der Waals surface area contributed by atoms with Crippen LogP contribution in [0, 0.1) is 0 Å². The molecule has 0 saturated carbocycles. The van der Waals surface area contributed by atoms with Gasteiger partial charge < -0.3 is 4.57 Å². The molecule has 23 heavy (non-hydrogen) atoms. The highest BCUT2D eigenvalue weighted by Gasteiger charge is 2.33. The molecule has 4 rings (SSSR count). The number of likely N-dealkylation sites (N-methyl/N-ethyl adjacent to an activating group) is 1. The quantitative estimate of drug-likeness (QED) is 0.679. The minimum absolute atomic E-state index is 0.550. The Balaban J connectivity index is 2.04. The first-order chi connectivity index (χ1) is 10.9. The summed E-state index contributed by atoms with van der Waals surface area (Å²) in [6.45, 7) is 2.26. The summed E-state index contributed by atoms with van der Waals surface area (Å²) in [6.07, 6.45) is -1.77. The third-order valence-electron chi connectivity index (χ3n) is 4.14. The molecule has 0 fully saturated rings. The normalized spacial score (nSPS) is 16.0. The van der Waals surface area contributed by atoms with Gasteiger partial charge in [-0.2, -0.15) is 13.2 Å². The number of hydrogen-bond acceptors (Lipinski definition) is 4. The van der Waals surface area contributed by atoms with E-state index >= 15 is 0 Å². The van der Waals surface area contributed by atoms with E-state index in [-0.39, 0.29) is 0 Å². The van der Waals surface area contributed by atoms with Crippen molar-refractivity contribution in [3.05, 3.63) is 35.2 Å². The molecule has 0 amide bonds. The molecule has 0 bridgehead atoms. The predicted octanol–water partition coefficient (Wildman–Crippen LogP) is 3.62. The van der Waals surface area contributed by atoms with Crippen LogP contribution in [-0.4, -0.2) is 33.0 Å². The molecule has 0 spiro atoms. The smallest absolute Gasteiger partial charge is 0.326 e. The Kier molecular flexibility index (Phi) is 3.21. The fraction of sp³-hybridized carbons (Fsp3) is 0.333. The van der Waals surface area contributed by atoms with E-state index in [1.807, 2.05) is 11.6 Å².